The van der Waals surface area contributed by atoms with Crippen LogP contribution >= 0.6 is 0 Å². The van der Waals surface area contributed by atoms with E-state index in [0.29, 0.717) is 5.75 Å². The van der Waals surface area contributed by atoms with Crippen LogP contribution in [0.5, 0.6) is 5.75 Å². The molecule has 2 rings (SSSR count). The SMILES string of the molecule is CCOC(=O)C1=C(COC(=O)COc2cc(C)cc(C)c2)NC(=O)NC1. The highest BCUT2D eigenvalue weighted by molar-refractivity contribution is 5.93. The Labute approximate surface area is 151 Å². The van der Waals surface area contributed by atoms with Crippen molar-refractivity contribution in [1.29, 1.82) is 0 Å². The monoisotopic (exact) mass is 362 g/mol. The van der Waals surface area contributed by atoms with E-state index >= 15 is 0 Å². The molecule has 0 atom stereocenters. The second-order valence-electron chi connectivity index (χ2n) is 5.76. The molecule has 140 valence electrons. The first-order chi connectivity index (χ1) is 12.4. The Morgan fingerprint density at radius 3 is 2.46 bits per heavy atom. The maximum Gasteiger partial charge on any atom is 0.344 e. The number of benzene rings is 1. The van der Waals surface area contributed by atoms with Gasteiger partial charge < -0.3 is 24.8 Å². The van der Waals surface area contributed by atoms with Crippen molar-refractivity contribution in [2.24, 2.45) is 0 Å². The van der Waals surface area contributed by atoms with Crippen LogP contribution in [0.3, 0.4) is 0 Å². The fraction of sp³-hybridized carbons (Fsp3) is 0.389. The van der Waals surface area contributed by atoms with Gasteiger partial charge in [0.2, 0.25) is 0 Å². The van der Waals surface area contributed by atoms with Crippen LogP contribution < -0.4 is 15.4 Å². The fourth-order valence-electron chi connectivity index (χ4n) is 2.42. The third-order valence-electron chi connectivity index (χ3n) is 3.51. The van der Waals surface area contributed by atoms with Crippen molar-refractivity contribution in [1.82, 2.24) is 10.6 Å². The molecular weight excluding hydrogens is 340 g/mol. The average Bonchev–Trinajstić information content (AvgIpc) is 2.57. The van der Waals surface area contributed by atoms with Crippen LogP contribution in [-0.2, 0) is 19.1 Å². The lowest BCUT2D eigenvalue weighted by Crippen LogP contribution is -2.45. The number of carbonyl (C=O) groups is 3. The van der Waals surface area contributed by atoms with Gasteiger partial charge in [-0.05, 0) is 44.0 Å². The van der Waals surface area contributed by atoms with Gasteiger partial charge in [-0.2, -0.15) is 0 Å². The minimum Gasteiger partial charge on any atom is -0.482 e. The van der Waals surface area contributed by atoms with Crippen LogP contribution in [0.2, 0.25) is 0 Å². The summed E-state index contributed by atoms with van der Waals surface area (Å²) in [5.41, 5.74) is 2.46. The summed E-state index contributed by atoms with van der Waals surface area (Å²) in [6, 6.07) is 5.15. The number of amides is 2. The van der Waals surface area contributed by atoms with E-state index in [2.05, 4.69) is 10.6 Å². The van der Waals surface area contributed by atoms with Crippen molar-refractivity contribution >= 4 is 18.0 Å². The zero-order valence-electron chi connectivity index (χ0n) is 15.0. The number of rotatable bonds is 7. The fourth-order valence-corrected chi connectivity index (χ4v) is 2.42. The summed E-state index contributed by atoms with van der Waals surface area (Å²) in [5.74, 6) is -0.619. The summed E-state index contributed by atoms with van der Waals surface area (Å²) in [4.78, 5) is 35.2. The van der Waals surface area contributed by atoms with E-state index in [1.54, 1.807) is 6.92 Å². The normalized spacial score (nSPS) is 13.6. The van der Waals surface area contributed by atoms with Gasteiger partial charge in [-0.3, -0.25) is 0 Å². The largest absolute Gasteiger partial charge is 0.482 e. The minimum absolute atomic E-state index is 0.0105. The highest BCUT2D eigenvalue weighted by Gasteiger charge is 2.24. The molecule has 1 aliphatic heterocycles. The Bertz CT molecular complexity index is 721. The summed E-state index contributed by atoms with van der Waals surface area (Å²) >= 11 is 0. The van der Waals surface area contributed by atoms with Crippen LogP contribution in [0.25, 0.3) is 0 Å². The summed E-state index contributed by atoms with van der Waals surface area (Å²) < 4.78 is 15.4. The van der Waals surface area contributed by atoms with Crippen molar-refractivity contribution < 1.29 is 28.6 Å². The van der Waals surface area contributed by atoms with Gasteiger partial charge in [-0.1, -0.05) is 6.07 Å². The molecular formula is C18H22N2O6. The van der Waals surface area contributed by atoms with Crippen LogP contribution in [0, 0.1) is 13.8 Å². The molecule has 0 fully saturated rings. The van der Waals surface area contributed by atoms with Gasteiger partial charge in [0.15, 0.2) is 6.61 Å². The Kier molecular flexibility index (Phi) is 6.60. The average molecular weight is 362 g/mol. The molecule has 2 amide bonds. The van der Waals surface area contributed by atoms with Crippen molar-refractivity contribution in [3.05, 3.63) is 40.6 Å². The predicted octanol–water partition coefficient (Wildman–Crippen LogP) is 1.36. The maximum absolute atomic E-state index is 11.9. The van der Waals surface area contributed by atoms with Gasteiger partial charge in [0.05, 0.1) is 24.4 Å². The first-order valence-electron chi connectivity index (χ1n) is 8.19. The lowest BCUT2D eigenvalue weighted by atomic mass is 10.1. The molecule has 1 aromatic rings. The molecule has 0 aliphatic carbocycles. The Hall–Kier alpha value is -3.03. The van der Waals surface area contributed by atoms with Gasteiger partial charge in [0.25, 0.3) is 0 Å². The number of esters is 2. The second kappa shape index (κ2) is 8.89. The molecule has 0 saturated carbocycles. The maximum atomic E-state index is 11.9. The van der Waals surface area contributed by atoms with Gasteiger partial charge in [-0.15, -0.1) is 0 Å². The number of hydrogen-bond donors (Lipinski definition) is 2. The lowest BCUT2D eigenvalue weighted by molar-refractivity contribution is -0.145. The van der Waals surface area contributed by atoms with E-state index in [9.17, 15) is 14.4 Å². The first kappa shape index (κ1) is 19.3. The van der Waals surface area contributed by atoms with Crippen molar-refractivity contribution in [3.63, 3.8) is 0 Å². The molecule has 1 aliphatic rings. The topological polar surface area (TPSA) is 103 Å². The molecule has 0 aromatic heterocycles. The molecule has 0 unspecified atom stereocenters. The molecule has 1 aromatic carbocycles. The van der Waals surface area contributed by atoms with Crippen LogP contribution in [0.4, 0.5) is 4.79 Å². The van der Waals surface area contributed by atoms with E-state index in [0.717, 1.165) is 11.1 Å². The highest BCUT2D eigenvalue weighted by Crippen LogP contribution is 2.16. The van der Waals surface area contributed by atoms with Gasteiger partial charge in [0.1, 0.15) is 12.4 Å². The Balaban J connectivity index is 1.93. The van der Waals surface area contributed by atoms with E-state index in [1.807, 2.05) is 32.0 Å². The lowest BCUT2D eigenvalue weighted by Gasteiger charge is -2.21. The van der Waals surface area contributed by atoms with Crippen molar-refractivity contribution in [2.45, 2.75) is 20.8 Å². The number of urea groups is 1. The van der Waals surface area contributed by atoms with Crippen LogP contribution in [0.15, 0.2) is 29.5 Å². The number of ether oxygens (including phenoxy) is 3. The zero-order chi connectivity index (χ0) is 19.1. The second-order valence-corrected chi connectivity index (χ2v) is 5.76. The Morgan fingerprint density at radius 2 is 1.81 bits per heavy atom. The number of carbonyl (C=O) groups excluding carboxylic acids is 3. The molecule has 1 heterocycles. The predicted molar refractivity (Wildman–Crippen MR) is 92.6 cm³/mol. The first-order valence-corrected chi connectivity index (χ1v) is 8.19. The van der Waals surface area contributed by atoms with Crippen LogP contribution in [0.1, 0.15) is 18.1 Å². The summed E-state index contributed by atoms with van der Waals surface area (Å²) in [7, 11) is 0. The van der Waals surface area contributed by atoms with Gasteiger partial charge >= 0.3 is 18.0 Å². The standard InChI is InChI=1S/C18H22N2O6/c1-4-24-17(22)14-8-19-18(23)20-15(14)9-26-16(21)10-25-13-6-11(2)5-12(3)7-13/h5-7H,4,8-10H2,1-3H3,(H2,19,20,23). The summed E-state index contributed by atoms with van der Waals surface area (Å²) in [6.07, 6.45) is 0. The molecule has 26 heavy (non-hydrogen) atoms. The smallest absolute Gasteiger partial charge is 0.344 e. The number of nitrogens with one attached hydrogen (secondary N) is 2. The molecule has 0 saturated heterocycles. The van der Waals surface area contributed by atoms with Crippen molar-refractivity contribution in [3.8, 4) is 5.75 Å². The van der Waals surface area contributed by atoms with Crippen molar-refractivity contribution in [2.75, 3.05) is 26.4 Å². The van der Waals surface area contributed by atoms with Crippen LogP contribution in [-0.4, -0.2) is 44.3 Å². The molecule has 0 spiro atoms. The number of aryl methyl sites for hydroxylation is 2. The molecule has 0 radical (unpaired) electrons. The third-order valence-corrected chi connectivity index (χ3v) is 3.51. The third kappa shape index (κ3) is 5.51. The molecule has 8 nitrogen and oxygen atoms in total. The summed E-state index contributed by atoms with van der Waals surface area (Å²) in [6.45, 7) is 5.22. The van der Waals surface area contributed by atoms with E-state index in [-0.39, 0.29) is 37.6 Å². The van der Waals surface area contributed by atoms with E-state index in [1.165, 1.54) is 0 Å². The minimum atomic E-state index is -0.618. The van der Waals surface area contributed by atoms with Gasteiger partial charge in [-0.25, -0.2) is 14.4 Å². The van der Waals surface area contributed by atoms with E-state index < -0.39 is 18.0 Å². The zero-order valence-corrected chi connectivity index (χ0v) is 15.0. The quantitative estimate of drug-likeness (QED) is 0.710. The molecule has 2 N–H and O–H groups in total. The number of hydrogen-bond acceptors (Lipinski definition) is 6. The highest BCUT2D eigenvalue weighted by atomic mass is 16.6. The Morgan fingerprint density at radius 1 is 1.12 bits per heavy atom. The molecule has 0 bridgehead atoms. The van der Waals surface area contributed by atoms with Gasteiger partial charge in [0, 0.05) is 0 Å². The molecule has 8 heteroatoms. The van der Waals surface area contributed by atoms with E-state index in [4.69, 9.17) is 14.2 Å². The summed E-state index contributed by atoms with van der Waals surface area (Å²) in [5, 5.41) is 4.93.